The van der Waals surface area contributed by atoms with Crippen LogP contribution in [-0.4, -0.2) is 39.5 Å². The summed E-state index contributed by atoms with van der Waals surface area (Å²) in [5.74, 6) is 0.286. The van der Waals surface area contributed by atoms with Gasteiger partial charge in [0.15, 0.2) is 0 Å². The number of aromatic nitrogens is 2. The van der Waals surface area contributed by atoms with Crippen LogP contribution in [0.3, 0.4) is 0 Å². The normalized spacial score (nSPS) is 21.8. The maximum atomic E-state index is 12.5. The van der Waals surface area contributed by atoms with E-state index in [0.717, 1.165) is 45.4 Å². The molecule has 2 aliphatic rings. The summed E-state index contributed by atoms with van der Waals surface area (Å²) < 4.78 is 2.15. The second-order valence-corrected chi connectivity index (χ2v) is 7.95. The molecule has 4 rings (SSSR count). The summed E-state index contributed by atoms with van der Waals surface area (Å²) in [5.41, 5.74) is 2.64. The van der Waals surface area contributed by atoms with E-state index in [1.807, 2.05) is 23.9 Å². The first-order valence-electron chi connectivity index (χ1n) is 8.76. The molecule has 0 spiro atoms. The van der Waals surface area contributed by atoms with Crippen molar-refractivity contribution in [3.05, 3.63) is 40.1 Å². The zero-order valence-electron chi connectivity index (χ0n) is 14.1. The summed E-state index contributed by atoms with van der Waals surface area (Å²) in [6.45, 7) is 5.95. The van der Waals surface area contributed by atoms with Crippen LogP contribution in [0.25, 0.3) is 0 Å². The number of imidazole rings is 1. The van der Waals surface area contributed by atoms with Gasteiger partial charge < -0.3 is 9.88 Å². The average molecular weight is 344 g/mol. The molecule has 2 aliphatic heterocycles. The van der Waals surface area contributed by atoms with E-state index in [4.69, 9.17) is 0 Å². The summed E-state index contributed by atoms with van der Waals surface area (Å²) in [6.07, 6.45) is 6.60. The van der Waals surface area contributed by atoms with Crippen LogP contribution in [0.15, 0.2) is 24.0 Å². The van der Waals surface area contributed by atoms with Crippen molar-refractivity contribution < 1.29 is 4.79 Å². The molecule has 0 saturated heterocycles. The first-order valence-corrected chi connectivity index (χ1v) is 9.64. The number of nitrogens with zero attached hydrogens (tertiary/aromatic N) is 3. The molecule has 128 valence electrons. The Balaban J connectivity index is 1.28. The van der Waals surface area contributed by atoms with E-state index < -0.39 is 0 Å². The SMILES string of the molecule is C[C@H](CNC(=O)[C@H]1CCn2cncc2C1)N1CCc2sccc2C1. The van der Waals surface area contributed by atoms with Gasteiger partial charge in [-0.15, -0.1) is 11.3 Å². The van der Waals surface area contributed by atoms with Crippen LogP contribution < -0.4 is 5.32 Å². The molecule has 0 bridgehead atoms. The van der Waals surface area contributed by atoms with Crippen molar-refractivity contribution in [1.82, 2.24) is 19.8 Å². The fourth-order valence-corrected chi connectivity index (χ4v) is 4.65. The van der Waals surface area contributed by atoms with Gasteiger partial charge in [-0.1, -0.05) is 0 Å². The van der Waals surface area contributed by atoms with Crippen molar-refractivity contribution in [1.29, 1.82) is 0 Å². The zero-order valence-corrected chi connectivity index (χ0v) is 14.9. The van der Waals surface area contributed by atoms with E-state index >= 15 is 0 Å². The number of aryl methyl sites for hydroxylation is 1. The lowest BCUT2D eigenvalue weighted by atomic mass is 9.95. The monoisotopic (exact) mass is 344 g/mol. The Morgan fingerprint density at radius 3 is 3.33 bits per heavy atom. The topological polar surface area (TPSA) is 50.2 Å². The van der Waals surface area contributed by atoms with Crippen molar-refractivity contribution in [2.45, 2.75) is 45.3 Å². The maximum absolute atomic E-state index is 12.5. The van der Waals surface area contributed by atoms with Crippen LogP contribution in [0, 0.1) is 5.92 Å². The van der Waals surface area contributed by atoms with Crippen molar-refractivity contribution >= 4 is 17.2 Å². The number of hydrogen-bond donors (Lipinski definition) is 1. The number of nitrogens with one attached hydrogen (secondary N) is 1. The highest BCUT2D eigenvalue weighted by atomic mass is 32.1. The highest BCUT2D eigenvalue weighted by molar-refractivity contribution is 7.10. The first kappa shape index (κ1) is 15.8. The van der Waals surface area contributed by atoms with Gasteiger partial charge in [-0.2, -0.15) is 0 Å². The summed E-state index contributed by atoms with van der Waals surface area (Å²) in [6, 6.07) is 2.61. The number of amides is 1. The van der Waals surface area contributed by atoms with E-state index in [-0.39, 0.29) is 11.8 Å². The number of carbonyl (C=O) groups excluding carboxylic acids is 1. The smallest absolute Gasteiger partial charge is 0.223 e. The van der Waals surface area contributed by atoms with Gasteiger partial charge in [-0.05, 0) is 36.8 Å². The third-order valence-corrected chi connectivity index (χ3v) is 6.40. The second kappa shape index (κ2) is 6.69. The minimum atomic E-state index is 0.0891. The molecular weight excluding hydrogens is 320 g/mol. The molecule has 0 unspecified atom stereocenters. The molecule has 2 atom stereocenters. The van der Waals surface area contributed by atoms with Crippen LogP contribution in [0.1, 0.15) is 29.5 Å². The van der Waals surface area contributed by atoms with Gasteiger partial charge in [0.2, 0.25) is 5.91 Å². The summed E-state index contributed by atoms with van der Waals surface area (Å²) in [7, 11) is 0. The Morgan fingerprint density at radius 1 is 1.50 bits per heavy atom. The van der Waals surface area contributed by atoms with E-state index in [2.05, 4.69) is 38.1 Å². The van der Waals surface area contributed by atoms with Crippen LogP contribution in [0.5, 0.6) is 0 Å². The van der Waals surface area contributed by atoms with Gasteiger partial charge in [-0.25, -0.2) is 4.98 Å². The molecule has 0 aliphatic carbocycles. The number of thiophene rings is 1. The molecule has 24 heavy (non-hydrogen) atoms. The highest BCUT2D eigenvalue weighted by Crippen LogP contribution is 2.25. The maximum Gasteiger partial charge on any atom is 0.223 e. The fraction of sp³-hybridized carbons (Fsp3) is 0.556. The molecule has 0 aromatic carbocycles. The minimum Gasteiger partial charge on any atom is -0.354 e. The predicted octanol–water partition coefficient (Wildman–Crippen LogP) is 2.07. The van der Waals surface area contributed by atoms with Crippen LogP contribution in [0.2, 0.25) is 0 Å². The van der Waals surface area contributed by atoms with E-state index in [1.165, 1.54) is 16.1 Å². The minimum absolute atomic E-state index is 0.0891. The second-order valence-electron chi connectivity index (χ2n) is 6.95. The van der Waals surface area contributed by atoms with Crippen molar-refractivity contribution in [2.24, 2.45) is 5.92 Å². The van der Waals surface area contributed by atoms with Crippen LogP contribution >= 0.6 is 11.3 Å². The Morgan fingerprint density at radius 2 is 2.42 bits per heavy atom. The Labute approximate surface area is 146 Å². The third kappa shape index (κ3) is 3.13. The molecule has 1 amide bonds. The van der Waals surface area contributed by atoms with Crippen LogP contribution in [-0.2, 0) is 30.7 Å². The molecule has 2 aromatic rings. The third-order valence-electron chi connectivity index (χ3n) is 5.38. The molecule has 0 fully saturated rings. The molecule has 4 heterocycles. The first-order chi connectivity index (χ1) is 11.7. The van der Waals surface area contributed by atoms with Gasteiger partial charge in [0.1, 0.15) is 0 Å². The summed E-state index contributed by atoms with van der Waals surface area (Å²) >= 11 is 1.87. The number of hydrogen-bond acceptors (Lipinski definition) is 4. The van der Waals surface area contributed by atoms with E-state index in [0.29, 0.717) is 6.04 Å². The summed E-state index contributed by atoms with van der Waals surface area (Å²) in [4.78, 5) is 20.7. The van der Waals surface area contributed by atoms with E-state index in [9.17, 15) is 4.79 Å². The predicted molar refractivity (Wildman–Crippen MR) is 94.9 cm³/mol. The largest absolute Gasteiger partial charge is 0.354 e. The van der Waals surface area contributed by atoms with Gasteiger partial charge in [0.05, 0.1) is 6.33 Å². The lowest BCUT2D eigenvalue weighted by molar-refractivity contribution is -0.125. The van der Waals surface area contributed by atoms with Gasteiger partial charge in [0.25, 0.3) is 0 Å². The molecule has 0 saturated carbocycles. The zero-order chi connectivity index (χ0) is 16.5. The highest BCUT2D eigenvalue weighted by Gasteiger charge is 2.26. The van der Waals surface area contributed by atoms with Gasteiger partial charge in [-0.3, -0.25) is 9.69 Å². The van der Waals surface area contributed by atoms with E-state index in [1.54, 1.807) is 0 Å². The molecule has 1 N–H and O–H groups in total. The van der Waals surface area contributed by atoms with Crippen LogP contribution in [0.4, 0.5) is 0 Å². The lowest BCUT2D eigenvalue weighted by Crippen LogP contribution is -2.46. The Hall–Kier alpha value is -1.66. The molecule has 6 heteroatoms. The molecule has 2 aromatic heterocycles. The Bertz CT molecular complexity index is 722. The number of carbonyl (C=O) groups is 1. The molecule has 5 nitrogen and oxygen atoms in total. The molecule has 0 radical (unpaired) electrons. The average Bonchev–Trinajstić information content (AvgIpc) is 3.26. The van der Waals surface area contributed by atoms with Crippen molar-refractivity contribution in [3.63, 3.8) is 0 Å². The standard InChI is InChI=1S/C18H24N4OS/c1-13(21-6-3-17-15(11-21)4-7-24-17)9-20-18(23)14-2-5-22-12-19-10-16(22)8-14/h4,7,10,12-14H,2-3,5-6,8-9,11H2,1H3,(H,20,23)/t13-,14+/m1/s1. The summed E-state index contributed by atoms with van der Waals surface area (Å²) in [5, 5.41) is 5.37. The van der Waals surface area contributed by atoms with Crippen molar-refractivity contribution in [3.8, 4) is 0 Å². The van der Waals surface area contributed by atoms with Gasteiger partial charge in [0, 0.05) is 61.3 Å². The number of fused-ring (bicyclic) bond motifs is 2. The lowest BCUT2D eigenvalue weighted by Gasteiger charge is -2.33. The fourth-order valence-electron chi connectivity index (χ4n) is 3.76. The number of rotatable bonds is 4. The van der Waals surface area contributed by atoms with Crippen molar-refractivity contribution in [2.75, 3.05) is 13.1 Å². The quantitative estimate of drug-likeness (QED) is 0.924. The Kier molecular flexibility index (Phi) is 4.41. The molecular formula is C18H24N4OS. The van der Waals surface area contributed by atoms with Gasteiger partial charge >= 0.3 is 0 Å².